The fraction of sp³-hybridized carbons (Fsp3) is 0.263. The molecule has 4 nitrogen and oxygen atoms in total. The molecule has 1 N–H and O–H groups in total. The van der Waals surface area contributed by atoms with Crippen LogP contribution in [0.3, 0.4) is 0 Å². The van der Waals surface area contributed by atoms with E-state index < -0.39 is 5.97 Å². The van der Waals surface area contributed by atoms with Crippen LogP contribution in [0.2, 0.25) is 10.0 Å². The lowest BCUT2D eigenvalue weighted by Crippen LogP contribution is -2.32. The highest BCUT2D eigenvalue weighted by atomic mass is 35.5. The van der Waals surface area contributed by atoms with Crippen LogP contribution >= 0.6 is 23.2 Å². The zero-order valence-corrected chi connectivity index (χ0v) is 15.3. The summed E-state index contributed by atoms with van der Waals surface area (Å²) >= 11 is 12.0. The second kappa shape index (κ2) is 9.44. The molecule has 2 aromatic carbocycles. The first kappa shape index (κ1) is 19.3. The first-order chi connectivity index (χ1) is 12.0. The molecule has 2 aromatic rings. The molecule has 25 heavy (non-hydrogen) atoms. The first-order valence-corrected chi connectivity index (χ1v) is 8.63. The van der Waals surface area contributed by atoms with Crippen LogP contribution in [0, 0.1) is 0 Å². The van der Waals surface area contributed by atoms with Crippen molar-refractivity contribution in [1.82, 2.24) is 5.32 Å². The predicted octanol–water partition coefficient (Wildman–Crippen LogP) is 4.00. The first-order valence-electron chi connectivity index (χ1n) is 7.87. The van der Waals surface area contributed by atoms with E-state index in [1.807, 2.05) is 37.3 Å². The highest BCUT2D eigenvalue weighted by molar-refractivity contribution is 6.36. The van der Waals surface area contributed by atoms with Gasteiger partial charge in [-0.15, -0.1) is 0 Å². The average molecular weight is 380 g/mol. The van der Waals surface area contributed by atoms with Gasteiger partial charge in [0.05, 0.1) is 6.42 Å². The Labute approximate surface area is 157 Å². The van der Waals surface area contributed by atoms with E-state index >= 15 is 0 Å². The maximum atomic E-state index is 11.9. The van der Waals surface area contributed by atoms with E-state index in [-0.39, 0.29) is 24.9 Å². The Balaban J connectivity index is 1.75. The molecular formula is C19H19Cl2NO3. The molecule has 2 rings (SSSR count). The van der Waals surface area contributed by atoms with Gasteiger partial charge in [0.25, 0.3) is 5.91 Å². The third-order valence-corrected chi connectivity index (χ3v) is 4.43. The minimum absolute atomic E-state index is 0.0772. The molecule has 0 aliphatic rings. The minimum atomic E-state index is -0.554. The van der Waals surface area contributed by atoms with Crippen LogP contribution in [0.1, 0.15) is 24.0 Å². The molecule has 0 radical (unpaired) electrons. The monoisotopic (exact) mass is 379 g/mol. The van der Waals surface area contributed by atoms with Gasteiger partial charge in [0.15, 0.2) is 6.61 Å². The number of halogens is 2. The average Bonchev–Trinajstić information content (AvgIpc) is 2.62. The molecule has 6 heteroatoms. The fourth-order valence-electron chi connectivity index (χ4n) is 2.26. The van der Waals surface area contributed by atoms with Crippen LogP contribution < -0.4 is 5.32 Å². The van der Waals surface area contributed by atoms with Gasteiger partial charge < -0.3 is 10.1 Å². The number of hydrogen-bond acceptors (Lipinski definition) is 3. The van der Waals surface area contributed by atoms with Crippen molar-refractivity contribution in [3.63, 3.8) is 0 Å². The van der Waals surface area contributed by atoms with Crippen molar-refractivity contribution in [2.45, 2.75) is 19.3 Å². The van der Waals surface area contributed by atoms with Gasteiger partial charge in [0, 0.05) is 22.2 Å². The van der Waals surface area contributed by atoms with Gasteiger partial charge in [-0.05, 0) is 23.6 Å². The maximum Gasteiger partial charge on any atom is 0.310 e. The van der Waals surface area contributed by atoms with E-state index in [1.54, 1.807) is 18.2 Å². The van der Waals surface area contributed by atoms with Gasteiger partial charge >= 0.3 is 5.97 Å². The van der Waals surface area contributed by atoms with E-state index in [2.05, 4.69) is 5.32 Å². The Hall–Kier alpha value is -2.04. The van der Waals surface area contributed by atoms with Crippen LogP contribution in [0.25, 0.3) is 0 Å². The van der Waals surface area contributed by atoms with Crippen molar-refractivity contribution < 1.29 is 14.3 Å². The molecule has 1 amide bonds. The van der Waals surface area contributed by atoms with Gasteiger partial charge in [0.2, 0.25) is 0 Å². The van der Waals surface area contributed by atoms with Gasteiger partial charge in [-0.2, -0.15) is 0 Å². The Bertz CT molecular complexity index is 714. The molecule has 0 bridgehead atoms. The van der Waals surface area contributed by atoms with Crippen LogP contribution in [-0.4, -0.2) is 25.0 Å². The number of nitrogens with one attached hydrogen (secondary N) is 1. The summed E-state index contributed by atoms with van der Waals surface area (Å²) in [5, 5.41) is 3.54. The summed E-state index contributed by atoms with van der Waals surface area (Å²) in [5.74, 6) is -0.731. The lowest BCUT2D eigenvalue weighted by atomic mass is 10.0. The summed E-state index contributed by atoms with van der Waals surface area (Å²) in [4.78, 5) is 23.7. The summed E-state index contributed by atoms with van der Waals surface area (Å²) in [5.41, 5.74) is 1.63. The molecule has 132 valence electrons. The van der Waals surface area contributed by atoms with E-state index in [1.165, 1.54) is 0 Å². The van der Waals surface area contributed by atoms with Crippen molar-refractivity contribution in [3.8, 4) is 0 Å². The Morgan fingerprint density at radius 2 is 1.68 bits per heavy atom. The van der Waals surface area contributed by atoms with Crippen LogP contribution in [-0.2, 0) is 20.7 Å². The molecule has 0 unspecified atom stereocenters. The lowest BCUT2D eigenvalue weighted by Gasteiger charge is -2.13. The Morgan fingerprint density at radius 1 is 1.04 bits per heavy atom. The molecule has 1 atom stereocenters. The van der Waals surface area contributed by atoms with E-state index in [4.69, 9.17) is 27.9 Å². The second-order valence-electron chi connectivity index (χ2n) is 5.65. The summed E-state index contributed by atoms with van der Waals surface area (Å²) in [6.45, 7) is 2.15. The molecule has 0 aromatic heterocycles. The number of carbonyl (C=O) groups is 2. The standard InChI is InChI=1S/C19H19Cl2NO3/c1-13(14-6-3-2-4-7-14)11-22-18(23)12-25-19(24)10-15-16(20)8-5-9-17(15)21/h2-9,13H,10-12H2,1H3,(H,22,23)/t13-/m0/s1. The Kier molecular flexibility index (Phi) is 7.29. The fourth-order valence-corrected chi connectivity index (χ4v) is 2.79. The summed E-state index contributed by atoms with van der Waals surface area (Å²) in [6.07, 6.45) is -0.0772. The topological polar surface area (TPSA) is 55.4 Å². The number of ether oxygens (including phenoxy) is 1. The van der Waals surface area contributed by atoms with Crippen molar-refractivity contribution in [2.24, 2.45) is 0 Å². The van der Waals surface area contributed by atoms with Gasteiger partial charge in [-0.3, -0.25) is 9.59 Å². The molecule has 0 aliphatic heterocycles. The summed E-state index contributed by atoms with van der Waals surface area (Å²) in [7, 11) is 0. The third kappa shape index (κ3) is 6.07. The SMILES string of the molecule is C[C@@H](CNC(=O)COC(=O)Cc1c(Cl)cccc1Cl)c1ccccc1. The number of hydrogen-bond donors (Lipinski definition) is 1. The van der Waals surface area contributed by atoms with Crippen molar-refractivity contribution in [1.29, 1.82) is 0 Å². The number of amides is 1. The molecule has 0 saturated carbocycles. The summed E-state index contributed by atoms with van der Waals surface area (Å²) < 4.78 is 4.99. The van der Waals surface area contributed by atoms with Gasteiger partial charge in [-0.25, -0.2) is 0 Å². The Morgan fingerprint density at radius 3 is 2.32 bits per heavy atom. The van der Waals surface area contributed by atoms with Gasteiger partial charge in [-0.1, -0.05) is 66.5 Å². The molecular weight excluding hydrogens is 361 g/mol. The summed E-state index contributed by atoms with van der Waals surface area (Å²) in [6, 6.07) is 14.8. The third-order valence-electron chi connectivity index (χ3n) is 3.72. The normalized spacial score (nSPS) is 11.6. The van der Waals surface area contributed by atoms with Crippen molar-refractivity contribution >= 4 is 35.1 Å². The zero-order chi connectivity index (χ0) is 18.2. The van der Waals surface area contributed by atoms with Crippen LogP contribution in [0.4, 0.5) is 0 Å². The van der Waals surface area contributed by atoms with Crippen molar-refractivity contribution in [2.75, 3.05) is 13.2 Å². The molecule has 0 spiro atoms. The molecule has 0 heterocycles. The highest BCUT2D eigenvalue weighted by Gasteiger charge is 2.14. The second-order valence-corrected chi connectivity index (χ2v) is 6.47. The molecule has 0 fully saturated rings. The smallest absolute Gasteiger partial charge is 0.310 e. The minimum Gasteiger partial charge on any atom is -0.455 e. The van der Waals surface area contributed by atoms with Crippen LogP contribution in [0.5, 0.6) is 0 Å². The van der Waals surface area contributed by atoms with E-state index in [0.717, 1.165) is 5.56 Å². The van der Waals surface area contributed by atoms with Gasteiger partial charge in [0.1, 0.15) is 0 Å². The number of carbonyl (C=O) groups excluding carboxylic acids is 2. The number of esters is 1. The van der Waals surface area contributed by atoms with E-state index in [0.29, 0.717) is 22.2 Å². The van der Waals surface area contributed by atoms with Crippen LogP contribution in [0.15, 0.2) is 48.5 Å². The maximum absolute atomic E-state index is 11.9. The largest absolute Gasteiger partial charge is 0.455 e. The number of rotatable bonds is 7. The highest BCUT2D eigenvalue weighted by Crippen LogP contribution is 2.24. The molecule has 0 aliphatic carbocycles. The quantitative estimate of drug-likeness (QED) is 0.739. The van der Waals surface area contributed by atoms with E-state index in [9.17, 15) is 9.59 Å². The lowest BCUT2D eigenvalue weighted by molar-refractivity contribution is -0.147. The predicted molar refractivity (Wildman–Crippen MR) is 99.0 cm³/mol. The zero-order valence-electron chi connectivity index (χ0n) is 13.8. The van der Waals surface area contributed by atoms with Crippen molar-refractivity contribution in [3.05, 3.63) is 69.7 Å². The molecule has 0 saturated heterocycles. The number of benzene rings is 2.